The number of amides is 2. The van der Waals surface area contributed by atoms with E-state index in [9.17, 15) is 9.59 Å². The second kappa shape index (κ2) is 4.34. The van der Waals surface area contributed by atoms with E-state index in [0.29, 0.717) is 6.54 Å². The minimum atomic E-state index is -0.180. The first-order valence-corrected chi connectivity index (χ1v) is 4.22. The summed E-state index contributed by atoms with van der Waals surface area (Å²) in [5, 5.41) is 2.72. The van der Waals surface area contributed by atoms with Crippen LogP contribution in [0.2, 0.25) is 0 Å². The van der Waals surface area contributed by atoms with Crippen LogP contribution in [0.15, 0.2) is 0 Å². The number of hydrogen-bond donors (Lipinski definition) is 1. The van der Waals surface area contributed by atoms with E-state index in [1.165, 1.54) is 4.90 Å². The molecule has 1 rings (SSSR count). The molecule has 1 fully saturated rings. The molecule has 0 aromatic rings. The topological polar surface area (TPSA) is 58.6 Å². The van der Waals surface area contributed by atoms with Crippen molar-refractivity contribution in [2.45, 2.75) is 13.0 Å². The summed E-state index contributed by atoms with van der Waals surface area (Å²) in [5.41, 5.74) is 0. The van der Waals surface area contributed by atoms with Crippen LogP contribution in [0.1, 0.15) is 6.92 Å². The average Bonchev–Trinajstić information content (AvgIpc) is 2.11. The summed E-state index contributed by atoms with van der Waals surface area (Å²) >= 11 is 0. The van der Waals surface area contributed by atoms with Gasteiger partial charge in [-0.2, -0.15) is 0 Å². The number of hydrogen-bond acceptors (Lipinski definition) is 4. The number of piperazine rings is 1. The number of rotatable bonds is 3. The maximum absolute atomic E-state index is 11.2. The molecule has 1 aliphatic heterocycles. The van der Waals surface area contributed by atoms with Crippen molar-refractivity contribution in [2.75, 3.05) is 26.7 Å². The largest absolute Gasteiger partial charge is 0.380 e. The Morgan fingerprint density at radius 1 is 1.46 bits per heavy atom. The highest BCUT2D eigenvalue weighted by molar-refractivity contribution is 5.99. The Labute approximate surface area is 77.0 Å². The Morgan fingerprint density at radius 2 is 2.00 bits per heavy atom. The molecule has 1 saturated heterocycles. The van der Waals surface area contributed by atoms with Crippen molar-refractivity contribution in [3.05, 3.63) is 0 Å². The molecule has 0 aromatic heterocycles. The van der Waals surface area contributed by atoms with E-state index in [4.69, 9.17) is 4.74 Å². The number of imide groups is 1. The molecule has 2 amide bonds. The molecule has 0 radical (unpaired) electrons. The molecule has 5 nitrogen and oxygen atoms in total. The summed E-state index contributed by atoms with van der Waals surface area (Å²) in [6, 6.07) is 0. The van der Waals surface area contributed by atoms with Gasteiger partial charge >= 0.3 is 0 Å². The first-order chi connectivity index (χ1) is 6.15. The van der Waals surface area contributed by atoms with Crippen molar-refractivity contribution in [3.8, 4) is 0 Å². The van der Waals surface area contributed by atoms with Gasteiger partial charge in [-0.15, -0.1) is 0 Å². The Balaban J connectivity index is 2.54. The number of methoxy groups -OCH3 is 1. The van der Waals surface area contributed by atoms with Gasteiger partial charge in [0.15, 0.2) is 0 Å². The molecule has 1 N–H and O–H groups in total. The Bertz CT molecular complexity index is 201. The summed E-state index contributed by atoms with van der Waals surface area (Å²) < 4.78 is 4.98. The van der Waals surface area contributed by atoms with Gasteiger partial charge in [0.25, 0.3) is 0 Å². The highest BCUT2D eigenvalue weighted by atomic mass is 16.5. The van der Waals surface area contributed by atoms with Gasteiger partial charge in [-0.05, 0) is 6.92 Å². The molecule has 1 unspecified atom stereocenters. The van der Waals surface area contributed by atoms with Crippen molar-refractivity contribution >= 4 is 11.8 Å². The third-order valence-corrected chi connectivity index (χ3v) is 2.00. The molecule has 0 bridgehead atoms. The van der Waals surface area contributed by atoms with E-state index in [2.05, 4.69) is 5.32 Å². The van der Waals surface area contributed by atoms with Gasteiger partial charge in [0.2, 0.25) is 11.8 Å². The number of nitrogens with zero attached hydrogens (tertiary/aromatic N) is 1. The summed E-state index contributed by atoms with van der Waals surface area (Å²) in [5.74, 6) is -0.361. The molecule has 0 saturated carbocycles. The lowest BCUT2D eigenvalue weighted by Gasteiger charge is -2.27. The first-order valence-electron chi connectivity index (χ1n) is 4.22. The zero-order valence-electron chi connectivity index (χ0n) is 7.87. The maximum atomic E-state index is 11.2. The number of carbonyl (C=O) groups is 2. The van der Waals surface area contributed by atoms with Gasteiger partial charge < -0.3 is 4.74 Å². The van der Waals surface area contributed by atoms with Crippen molar-refractivity contribution in [1.82, 2.24) is 10.2 Å². The average molecular weight is 186 g/mol. The van der Waals surface area contributed by atoms with Crippen molar-refractivity contribution in [3.63, 3.8) is 0 Å². The van der Waals surface area contributed by atoms with E-state index in [1.54, 1.807) is 7.11 Å². The van der Waals surface area contributed by atoms with Gasteiger partial charge in [-0.25, -0.2) is 0 Å². The summed E-state index contributed by atoms with van der Waals surface area (Å²) in [6.45, 7) is 2.64. The molecule has 1 atom stereocenters. The quantitative estimate of drug-likeness (QED) is 0.573. The van der Waals surface area contributed by atoms with Crippen LogP contribution < -0.4 is 5.32 Å². The van der Waals surface area contributed by atoms with E-state index >= 15 is 0 Å². The van der Waals surface area contributed by atoms with Crippen molar-refractivity contribution < 1.29 is 14.3 Å². The van der Waals surface area contributed by atoms with Crippen LogP contribution in [0.5, 0.6) is 0 Å². The monoisotopic (exact) mass is 186 g/mol. The Hall–Kier alpha value is -0.940. The third kappa shape index (κ3) is 2.50. The minimum absolute atomic E-state index is 0.106. The molecule has 1 aliphatic rings. The molecule has 0 spiro atoms. The highest BCUT2D eigenvalue weighted by Crippen LogP contribution is 2.00. The van der Waals surface area contributed by atoms with E-state index in [-0.39, 0.29) is 31.0 Å². The fraction of sp³-hybridized carbons (Fsp3) is 0.750. The van der Waals surface area contributed by atoms with Crippen molar-refractivity contribution in [1.29, 1.82) is 0 Å². The van der Waals surface area contributed by atoms with Crippen LogP contribution in [-0.4, -0.2) is 49.6 Å². The van der Waals surface area contributed by atoms with Gasteiger partial charge in [-0.1, -0.05) is 0 Å². The van der Waals surface area contributed by atoms with Crippen LogP contribution in [0.4, 0.5) is 0 Å². The summed E-state index contributed by atoms with van der Waals surface area (Å²) in [6.07, 6.45) is -0.106. The SMILES string of the molecule is COC(C)CN1C(=O)CNCC1=O. The molecule has 13 heavy (non-hydrogen) atoms. The molecular weight excluding hydrogens is 172 g/mol. The van der Waals surface area contributed by atoms with Gasteiger partial charge in [0, 0.05) is 7.11 Å². The lowest BCUT2D eigenvalue weighted by molar-refractivity contribution is -0.148. The lowest BCUT2D eigenvalue weighted by Crippen LogP contribution is -2.54. The number of ether oxygens (including phenoxy) is 1. The second-order valence-electron chi connectivity index (χ2n) is 3.05. The van der Waals surface area contributed by atoms with Crippen LogP contribution >= 0.6 is 0 Å². The molecule has 1 heterocycles. The van der Waals surface area contributed by atoms with Gasteiger partial charge in [-0.3, -0.25) is 19.8 Å². The predicted molar refractivity (Wildman–Crippen MR) is 46.1 cm³/mol. The molecular formula is C8H14N2O3. The van der Waals surface area contributed by atoms with Crippen LogP contribution in [0.25, 0.3) is 0 Å². The van der Waals surface area contributed by atoms with Gasteiger partial charge in [0.1, 0.15) is 0 Å². The lowest BCUT2D eigenvalue weighted by atomic mass is 10.3. The van der Waals surface area contributed by atoms with Gasteiger partial charge in [0.05, 0.1) is 25.7 Å². The Kier molecular flexibility index (Phi) is 3.39. The van der Waals surface area contributed by atoms with Crippen LogP contribution in [0, 0.1) is 0 Å². The van der Waals surface area contributed by atoms with E-state index in [0.717, 1.165) is 0 Å². The molecule has 5 heteroatoms. The minimum Gasteiger partial charge on any atom is -0.380 e. The van der Waals surface area contributed by atoms with Crippen LogP contribution in [-0.2, 0) is 14.3 Å². The summed E-state index contributed by atoms with van der Waals surface area (Å²) in [4.78, 5) is 23.7. The normalized spacial score (nSPS) is 20.6. The maximum Gasteiger partial charge on any atom is 0.243 e. The zero-order valence-corrected chi connectivity index (χ0v) is 7.87. The van der Waals surface area contributed by atoms with E-state index < -0.39 is 0 Å². The van der Waals surface area contributed by atoms with Crippen molar-refractivity contribution in [2.24, 2.45) is 0 Å². The summed E-state index contributed by atoms with van der Waals surface area (Å²) in [7, 11) is 1.56. The number of nitrogens with one attached hydrogen (secondary N) is 1. The van der Waals surface area contributed by atoms with E-state index in [1.807, 2.05) is 6.92 Å². The fourth-order valence-corrected chi connectivity index (χ4v) is 1.14. The highest BCUT2D eigenvalue weighted by Gasteiger charge is 2.26. The third-order valence-electron chi connectivity index (χ3n) is 2.00. The first kappa shape index (κ1) is 10.1. The second-order valence-corrected chi connectivity index (χ2v) is 3.05. The van der Waals surface area contributed by atoms with Crippen LogP contribution in [0.3, 0.4) is 0 Å². The Morgan fingerprint density at radius 3 is 2.46 bits per heavy atom. The standard InChI is InChI=1S/C8H14N2O3/c1-6(13-2)5-10-7(11)3-9-4-8(10)12/h6,9H,3-5H2,1-2H3. The smallest absolute Gasteiger partial charge is 0.243 e. The molecule has 74 valence electrons. The fourth-order valence-electron chi connectivity index (χ4n) is 1.14. The molecule has 0 aromatic carbocycles. The molecule has 0 aliphatic carbocycles. The number of carbonyl (C=O) groups excluding carboxylic acids is 2. The predicted octanol–water partition coefficient (Wildman–Crippen LogP) is -1.02. The zero-order chi connectivity index (χ0) is 9.84.